The molecule has 2 nitrogen and oxygen atoms in total. The van der Waals surface area contributed by atoms with Crippen molar-refractivity contribution in [1.82, 2.24) is 4.90 Å². The highest BCUT2D eigenvalue weighted by Gasteiger charge is 2.27. The van der Waals surface area contributed by atoms with E-state index in [1.807, 2.05) is 13.1 Å². The Bertz CT molecular complexity index is 393. The van der Waals surface area contributed by atoms with Gasteiger partial charge in [-0.15, -0.1) is 0 Å². The van der Waals surface area contributed by atoms with Gasteiger partial charge in [0.05, 0.1) is 0 Å². The van der Waals surface area contributed by atoms with Crippen LogP contribution in [-0.4, -0.2) is 25.0 Å². The fourth-order valence-corrected chi connectivity index (χ4v) is 2.53. The quantitative estimate of drug-likeness (QED) is 0.906. The van der Waals surface area contributed by atoms with E-state index in [-0.39, 0.29) is 11.9 Å². The second kappa shape index (κ2) is 5.46. The average Bonchev–Trinajstić information content (AvgIpc) is 3.08. The molecule has 0 saturated heterocycles. The molecular formula is C13H18BrFN2. The first-order valence-electron chi connectivity index (χ1n) is 5.97. The van der Waals surface area contributed by atoms with E-state index in [0.29, 0.717) is 12.1 Å². The Morgan fingerprint density at radius 3 is 2.82 bits per heavy atom. The van der Waals surface area contributed by atoms with Crippen LogP contribution in [0.2, 0.25) is 0 Å². The van der Waals surface area contributed by atoms with Gasteiger partial charge in [-0.25, -0.2) is 4.39 Å². The summed E-state index contributed by atoms with van der Waals surface area (Å²) in [5.74, 6) is 0.607. The van der Waals surface area contributed by atoms with Gasteiger partial charge < -0.3 is 5.73 Å². The van der Waals surface area contributed by atoms with Crippen LogP contribution in [0.3, 0.4) is 0 Å². The molecule has 0 radical (unpaired) electrons. The van der Waals surface area contributed by atoms with Gasteiger partial charge >= 0.3 is 0 Å². The summed E-state index contributed by atoms with van der Waals surface area (Å²) in [5.41, 5.74) is 6.48. The fraction of sp³-hybridized carbons (Fsp3) is 0.538. The van der Waals surface area contributed by atoms with Crippen LogP contribution in [0.25, 0.3) is 0 Å². The van der Waals surface area contributed by atoms with Gasteiger partial charge in [0.1, 0.15) is 5.82 Å². The molecule has 1 unspecified atom stereocenters. The molecule has 0 bridgehead atoms. The van der Waals surface area contributed by atoms with Gasteiger partial charge in [0.2, 0.25) is 0 Å². The zero-order chi connectivity index (χ0) is 12.4. The Kier molecular flexibility index (Phi) is 4.17. The maximum Gasteiger partial charge on any atom is 0.128 e. The number of benzene rings is 1. The van der Waals surface area contributed by atoms with Crippen molar-refractivity contribution in [2.45, 2.75) is 18.9 Å². The summed E-state index contributed by atoms with van der Waals surface area (Å²) in [6.45, 7) is 1.45. The van der Waals surface area contributed by atoms with E-state index in [4.69, 9.17) is 5.73 Å². The molecule has 0 spiro atoms. The first-order chi connectivity index (χ1) is 8.11. The minimum absolute atomic E-state index is 0.0342. The van der Waals surface area contributed by atoms with Crippen molar-refractivity contribution >= 4 is 15.9 Å². The molecule has 1 fully saturated rings. The van der Waals surface area contributed by atoms with Crippen LogP contribution in [0.1, 0.15) is 24.4 Å². The topological polar surface area (TPSA) is 29.3 Å². The van der Waals surface area contributed by atoms with Crippen molar-refractivity contribution in [3.8, 4) is 0 Å². The minimum Gasteiger partial charge on any atom is -0.329 e. The van der Waals surface area contributed by atoms with Gasteiger partial charge in [0.15, 0.2) is 0 Å². The summed E-state index contributed by atoms with van der Waals surface area (Å²) >= 11 is 3.38. The first-order valence-corrected chi connectivity index (χ1v) is 6.76. The molecule has 1 aliphatic rings. The normalized spacial score (nSPS) is 17.5. The Morgan fingerprint density at radius 2 is 2.24 bits per heavy atom. The molecule has 1 aliphatic carbocycles. The lowest BCUT2D eigenvalue weighted by Crippen LogP contribution is -2.32. The molecule has 17 heavy (non-hydrogen) atoms. The summed E-state index contributed by atoms with van der Waals surface area (Å²) in [5, 5.41) is 0. The van der Waals surface area contributed by atoms with Gasteiger partial charge in [0, 0.05) is 29.2 Å². The van der Waals surface area contributed by atoms with Gasteiger partial charge in [-0.1, -0.05) is 15.9 Å². The lowest BCUT2D eigenvalue weighted by Gasteiger charge is -2.27. The molecule has 0 heterocycles. The van der Waals surface area contributed by atoms with Crippen molar-refractivity contribution in [1.29, 1.82) is 0 Å². The molecule has 1 aromatic rings. The highest BCUT2D eigenvalue weighted by Crippen LogP contribution is 2.32. The molecule has 2 rings (SSSR count). The zero-order valence-corrected chi connectivity index (χ0v) is 11.6. The molecule has 94 valence electrons. The zero-order valence-electron chi connectivity index (χ0n) is 10.00. The van der Waals surface area contributed by atoms with Gasteiger partial charge in [-0.2, -0.15) is 0 Å². The van der Waals surface area contributed by atoms with Crippen LogP contribution in [0.15, 0.2) is 22.7 Å². The fourth-order valence-electron chi connectivity index (χ4n) is 2.15. The van der Waals surface area contributed by atoms with Gasteiger partial charge in [-0.3, -0.25) is 4.90 Å². The summed E-state index contributed by atoms with van der Waals surface area (Å²) in [6, 6.07) is 5.00. The number of rotatable bonds is 5. The largest absolute Gasteiger partial charge is 0.329 e. The van der Waals surface area contributed by atoms with E-state index in [1.165, 1.54) is 18.9 Å². The molecule has 4 heteroatoms. The predicted molar refractivity (Wildman–Crippen MR) is 71.2 cm³/mol. The van der Waals surface area contributed by atoms with E-state index in [9.17, 15) is 4.39 Å². The third-order valence-corrected chi connectivity index (χ3v) is 3.81. The molecule has 1 atom stereocenters. The molecular weight excluding hydrogens is 283 g/mol. The Hall–Kier alpha value is -0.450. The Balaban J connectivity index is 2.17. The van der Waals surface area contributed by atoms with Crippen LogP contribution in [0.5, 0.6) is 0 Å². The lowest BCUT2D eigenvalue weighted by atomic mass is 10.0. The van der Waals surface area contributed by atoms with Crippen molar-refractivity contribution in [2.24, 2.45) is 11.7 Å². The van der Waals surface area contributed by atoms with E-state index in [1.54, 1.807) is 6.07 Å². The number of halogens is 2. The van der Waals surface area contributed by atoms with E-state index in [2.05, 4.69) is 20.8 Å². The van der Waals surface area contributed by atoms with Crippen LogP contribution >= 0.6 is 15.9 Å². The standard InChI is InChI=1S/C13H18BrFN2/c1-17(8-9-2-3-9)13(7-16)11-6-10(14)4-5-12(11)15/h4-6,9,13H,2-3,7-8,16H2,1H3. The third kappa shape index (κ3) is 3.27. The van der Waals surface area contributed by atoms with Crippen molar-refractivity contribution in [2.75, 3.05) is 20.1 Å². The van der Waals surface area contributed by atoms with Crippen molar-refractivity contribution < 1.29 is 4.39 Å². The second-order valence-corrected chi connectivity index (χ2v) is 5.72. The summed E-state index contributed by atoms with van der Waals surface area (Å²) in [7, 11) is 2.02. The first kappa shape index (κ1) is 13.0. The number of hydrogen-bond acceptors (Lipinski definition) is 2. The van der Waals surface area contributed by atoms with E-state index < -0.39 is 0 Å². The summed E-state index contributed by atoms with van der Waals surface area (Å²) in [6.07, 6.45) is 2.59. The van der Waals surface area contributed by atoms with E-state index in [0.717, 1.165) is 16.9 Å². The van der Waals surface area contributed by atoms with Crippen LogP contribution in [0, 0.1) is 11.7 Å². The van der Waals surface area contributed by atoms with Gasteiger partial charge in [0.25, 0.3) is 0 Å². The summed E-state index contributed by atoms with van der Waals surface area (Å²) in [4.78, 5) is 2.17. The lowest BCUT2D eigenvalue weighted by molar-refractivity contribution is 0.235. The monoisotopic (exact) mass is 300 g/mol. The van der Waals surface area contributed by atoms with Crippen LogP contribution in [0.4, 0.5) is 4.39 Å². The molecule has 1 saturated carbocycles. The number of hydrogen-bond donors (Lipinski definition) is 1. The molecule has 0 amide bonds. The Morgan fingerprint density at radius 1 is 1.53 bits per heavy atom. The molecule has 0 aliphatic heterocycles. The molecule has 1 aromatic carbocycles. The third-order valence-electron chi connectivity index (χ3n) is 3.32. The molecule has 2 N–H and O–H groups in total. The summed E-state index contributed by atoms with van der Waals surface area (Å²) < 4.78 is 14.7. The van der Waals surface area contributed by atoms with E-state index >= 15 is 0 Å². The highest BCUT2D eigenvalue weighted by molar-refractivity contribution is 9.10. The highest BCUT2D eigenvalue weighted by atomic mass is 79.9. The van der Waals surface area contributed by atoms with Crippen LogP contribution in [-0.2, 0) is 0 Å². The van der Waals surface area contributed by atoms with Crippen LogP contribution < -0.4 is 5.73 Å². The van der Waals surface area contributed by atoms with Crippen molar-refractivity contribution in [3.05, 3.63) is 34.1 Å². The number of nitrogens with zero attached hydrogens (tertiary/aromatic N) is 1. The Labute approximate surface area is 110 Å². The smallest absolute Gasteiger partial charge is 0.128 e. The second-order valence-electron chi connectivity index (χ2n) is 4.80. The SMILES string of the molecule is CN(CC1CC1)C(CN)c1cc(Br)ccc1F. The van der Waals surface area contributed by atoms with Gasteiger partial charge in [-0.05, 0) is 44.0 Å². The maximum atomic E-state index is 13.8. The molecule has 0 aromatic heterocycles. The average molecular weight is 301 g/mol. The maximum absolute atomic E-state index is 13.8. The van der Waals surface area contributed by atoms with Crippen molar-refractivity contribution in [3.63, 3.8) is 0 Å². The predicted octanol–water partition coefficient (Wildman–Crippen LogP) is 2.93. The number of nitrogens with two attached hydrogens (primary N) is 1. The number of likely N-dealkylation sites (N-methyl/N-ethyl adjacent to an activating group) is 1. The minimum atomic E-state index is -0.175.